The van der Waals surface area contributed by atoms with Gasteiger partial charge in [-0.2, -0.15) is 0 Å². The van der Waals surface area contributed by atoms with Crippen LogP contribution in [0.5, 0.6) is 0 Å². The molecule has 28 heavy (non-hydrogen) atoms. The van der Waals surface area contributed by atoms with Crippen LogP contribution in [-0.4, -0.2) is 24.2 Å². The first-order chi connectivity index (χ1) is 13.4. The van der Waals surface area contributed by atoms with Crippen LogP contribution in [-0.2, 0) is 16.6 Å². The number of nitrogens with one attached hydrogen (secondary N) is 1. The topological polar surface area (TPSA) is 64.0 Å². The number of benzene rings is 3. The highest BCUT2D eigenvalue weighted by molar-refractivity contribution is 7.92. The Bertz CT molecular complexity index is 1260. The van der Waals surface area contributed by atoms with Gasteiger partial charge in [0.25, 0.3) is 0 Å². The minimum absolute atomic E-state index is 0.522. The smallest absolute Gasteiger partial charge is 0.229 e. The fourth-order valence-electron chi connectivity index (χ4n) is 3.38. The molecule has 0 bridgehead atoms. The minimum atomic E-state index is -3.34. The molecule has 142 valence electrons. The zero-order valence-electron chi connectivity index (χ0n) is 15.8. The lowest BCUT2D eigenvalue weighted by Crippen LogP contribution is -2.09. The number of imidazole rings is 1. The number of para-hydroxylation sites is 2. The summed E-state index contributed by atoms with van der Waals surface area (Å²) in [7, 11) is -3.34. The van der Waals surface area contributed by atoms with Crippen molar-refractivity contribution >= 4 is 26.7 Å². The molecule has 0 aliphatic heterocycles. The predicted octanol–water partition coefficient (Wildman–Crippen LogP) is 4.43. The van der Waals surface area contributed by atoms with E-state index in [1.165, 1.54) is 11.1 Å². The van der Waals surface area contributed by atoms with Crippen molar-refractivity contribution < 1.29 is 8.42 Å². The number of anilines is 1. The van der Waals surface area contributed by atoms with Gasteiger partial charge in [-0.3, -0.25) is 4.72 Å². The third-order valence-electron chi connectivity index (χ3n) is 4.50. The molecule has 3 aromatic carbocycles. The second kappa shape index (κ2) is 7.13. The Morgan fingerprint density at radius 2 is 1.75 bits per heavy atom. The molecule has 0 unspecified atom stereocenters. The molecule has 0 spiro atoms. The Kier molecular flexibility index (Phi) is 4.65. The molecule has 0 saturated heterocycles. The van der Waals surface area contributed by atoms with Gasteiger partial charge in [0, 0.05) is 17.8 Å². The summed E-state index contributed by atoms with van der Waals surface area (Å²) in [5.74, 6) is 0.805. The molecule has 0 aliphatic rings. The lowest BCUT2D eigenvalue weighted by Gasteiger charge is -2.11. The predicted molar refractivity (Wildman–Crippen MR) is 114 cm³/mol. The van der Waals surface area contributed by atoms with Crippen molar-refractivity contribution in [3.05, 3.63) is 83.9 Å². The van der Waals surface area contributed by atoms with Crippen molar-refractivity contribution in [1.82, 2.24) is 9.55 Å². The summed E-state index contributed by atoms with van der Waals surface area (Å²) in [4.78, 5) is 4.82. The Labute approximate surface area is 164 Å². The van der Waals surface area contributed by atoms with Crippen LogP contribution in [0.25, 0.3) is 22.4 Å². The van der Waals surface area contributed by atoms with Gasteiger partial charge in [-0.25, -0.2) is 13.4 Å². The maximum atomic E-state index is 11.6. The van der Waals surface area contributed by atoms with E-state index in [0.29, 0.717) is 12.2 Å². The number of nitrogens with zero attached hydrogens (tertiary/aromatic N) is 2. The molecular weight excluding hydrogens is 370 g/mol. The maximum Gasteiger partial charge on any atom is 0.229 e. The van der Waals surface area contributed by atoms with E-state index in [1.807, 2.05) is 36.4 Å². The Morgan fingerprint density at radius 3 is 2.54 bits per heavy atom. The summed E-state index contributed by atoms with van der Waals surface area (Å²) >= 11 is 0. The number of aryl methyl sites for hydroxylation is 1. The van der Waals surface area contributed by atoms with Gasteiger partial charge in [0.2, 0.25) is 10.0 Å². The zero-order valence-corrected chi connectivity index (χ0v) is 16.6. The van der Waals surface area contributed by atoms with Crippen molar-refractivity contribution in [3.63, 3.8) is 0 Å². The van der Waals surface area contributed by atoms with E-state index in [-0.39, 0.29) is 0 Å². The van der Waals surface area contributed by atoms with E-state index >= 15 is 0 Å². The molecule has 5 nitrogen and oxygen atoms in total. The van der Waals surface area contributed by atoms with Crippen LogP contribution in [0.4, 0.5) is 5.69 Å². The monoisotopic (exact) mass is 391 g/mol. The summed E-state index contributed by atoms with van der Waals surface area (Å²) in [6, 6.07) is 23.8. The van der Waals surface area contributed by atoms with Gasteiger partial charge in [0.1, 0.15) is 5.82 Å². The Balaban J connectivity index is 1.84. The minimum Gasteiger partial charge on any atom is -0.319 e. The second-order valence-electron chi connectivity index (χ2n) is 6.95. The average molecular weight is 391 g/mol. The summed E-state index contributed by atoms with van der Waals surface area (Å²) in [6.45, 7) is 2.76. The molecule has 0 atom stereocenters. The summed E-state index contributed by atoms with van der Waals surface area (Å²) in [6.07, 6.45) is 1.15. The van der Waals surface area contributed by atoms with Crippen molar-refractivity contribution in [1.29, 1.82) is 0 Å². The van der Waals surface area contributed by atoms with Crippen molar-refractivity contribution in [2.75, 3.05) is 11.0 Å². The molecule has 1 aromatic heterocycles. The van der Waals surface area contributed by atoms with Crippen LogP contribution in [0, 0.1) is 6.92 Å². The Hall–Kier alpha value is -3.12. The van der Waals surface area contributed by atoms with Crippen LogP contribution >= 0.6 is 0 Å². The van der Waals surface area contributed by atoms with Crippen LogP contribution in [0.2, 0.25) is 0 Å². The normalized spacial score (nSPS) is 11.6. The van der Waals surface area contributed by atoms with Crippen molar-refractivity contribution in [2.24, 2.45) is 0 Å². The van der Waals surface area contributed by atoms with E-state index in [9.17, 15) is 8.42 Å². The van der Waals surface area contributed by atoms with Gasteiger partial charge in [0.15, 0.2) is 0 Å². The quantitative estimate of drug-likeness (QED) is 0.547. The molecule has 0 radical (unpaired) electrons. The molecule has 6 heteroatoms. The molecule has 4 rings (SSSR count). The first kappa shape index (κ1) is 18.3. The molecule has 0 aliphatic carbocycles. The van der Waals surface area contributed by atoms with Gasteiger partial charge in [0.05, 0.1) is 17.3 Å². The van der Waals surface area contributed by atoms with Gasteiger partial charge >= 0.3 is 0 Å². The number of rotatable bonds is 5. The molecule has 0 saturated carbocycles. The summed E-state index contributed by atoms with van der Waals surface area (Å²) < 4.78 is 27.9. The van der Waals surface area contributed by atoms with Crippen LogP contribution < -0.4 is 4.72 Å². The highest BCUT2D eigenvalue weighted by Crippen LogP contribution is 2.28. The van der Waals surface area contributed by atoms with Crippen LogP contribution in [0.1, 0.15) is 11.1 Å². The molecule has 0 fully saturated rings. The Morgan fingerprint density at radius 1 is 0.964 bits per heavy atom. The van der Waals surface area contributed by atoms with Gasteiger partial charge in [-0.05, 0) is 36.8 Å². The van der Waals surface area contributed by atoms with E-state index < -0.39 is 10.0 Å². The number of aromatic nitrogens is 2. The summed E-state index contributed by atoms with van der Waals surface area (Å²) in [5, 5.41) is 0. The lowest BCUT2D eigenvalue weighted by molar-refractivity contribution is 0.607. The average Bonchev–Trinajstić information content (AvgIpc) is 2.99. The van der Waals surface area contributed by atoms with E-state index in [0.717, 1.165) is 28.7 Å². The third-order valence-corrected chi connectivity index (χ3v) is 5.11. The van der Waals surface area contributed by atoms with Crippen molar-refractivity contribution in [2.45, 2.75) is 13.5 Å². The molecule has 4 aromatic rings. The highest BCUT2D eigenvalue weighted by atomic mass is 32.2. The number of hydrogen-bond acceptors (Lipinski definition) is 3. The third kappa shape index (κ3) is 3.92. The van der Waals surface area contributed by atoms with E-state index in [2.05, 4.69) is 46.5 Å². The fourth-order valence-corrected chi connectivity index (χ4v) is 3.94. The fraction of sp³-hybridized carbons (Fsp3) is 0.136. The first-order valence-corrected chi connectivity index (χ1v) is 10.9. The molecule has 0 amide bonds. The van der Waals surface area contributed by atoms with E-state index in [1.54, 1.807) is 6.07 Å². The van der Waals surface area contributed by atoms with Gasteiger partial charge in [-0.15, -0.1) is 0 Å². The van der Waals surface area contributed by atoms with Crippen LogP contribution in [0.3, 0.4) is 0 Å². The summed E-state index contributed by atoms with van der Waals surface area (Å²) in [5.41, 5.74) is 5.73. The largest absolute Gasteiger partial charge is 0.319 e. The van der Waals surface area contributed by atoms with Crippen molar-refractivity contribution in [3.8, 4) is 11.4 Å². The lowest BCUT2D eigenvalue weighted by atomic mass is 10.1. The molecular formula is C22H21N3O2S. The standard InChI is InChI=1S/C22H21N3O2S/c1-16-7-5-8-17(13-16)15-25-21-12-4-3-11-20(21)23-22(25)18-9-6-10-19(14-18)24-28(2,26)27/h3-14,24H,15H2,1-2H3. The first-order valence-electron chi connectivity index (χ1n) is 8.98. The number of sulfonamides is 1. The van der Waals surface area contributed by atoms with Gasteiger partial charge in [-0.1, -0.05) is 54.1 Å². The number of fused-ring (bicyclic) bond motifs is 1. The van der Waals surface area contributed by atoms with E-state index in [4.69, 9.17) is 4.98 Å². The maximum absolute atomic E-state index is 11.6. The number of hydrogen-bond donors (Lipinski definition) is 1. The van der Waals surface area contributed by atoms with Crippen LogP contribution in [0.15, 0.2) is 72.8 Å². The highest BCUT2D eigenvalue weighted by Gasteiger charge is 2.14. The zero-order chi connectivity index (χ0) is 19.7. The molecule has 1 N–H and O–H groups in total. The second-order valence-corrected chi connectivity index (χ2v) is 8.70. The SMILES string of the molecule is Cc1cccc(Cn2c(-c3cccc(NS(C)(=O)=O)c3)nc3ccccc32)c1. The van der Waals surface area contributed by atoms with Gasteiger partial charge < -0.3 is 4.57 Å². The molecule has 1 heterocycles.